The van der Waals surface area contributed by atoms with Crippen LogP contribution in [0, 0.1) is 13.8 Å². The minimum atomic E-state index is -3.90. The standard InChI is InChI=1S/C26H24N2O5S/c1-17-3-7-22(8-4-17)34(30,31)28(14-19-6-10-24-25(12-19)33-16-32-24)15-21-13-20-11-18(2)5-9-23(20)27-26(21)29/h3-13H,14-16H2,1-2H3,(H,27,29). The fourth-order valence-corrected chi connectivity index (χ4v) is 5.41. The molecule has 0 aliphatic carbocycles. The summed E-state index contributed by atoms with van der Waals surface area (Å²) in [6.07, 6.45) is 0. The van der Waals surface area contributed by atoms with E-state index in [0.29, 0.717) is 22.6 Å². The highest BCUT2D eigenvalue weighted by Crippen LogP contribution is 2.33. The van der Waals surface area contributed by atoms with E-state index < -0.39 is 10.0 Å². The van der Waals surface area contributed by atoms with Crippen molar-refractivity contribution in [3.63, 3.8) is 0 Å². The molecule has 0 radical (unpaired) electrons. The second-order valence-corrected chi connectivity index (χ2v) is 10.4. The highest BCUT2D eigenvalue weighted by molar-refractivity contribution is 7.89. The monoisotopic (exact) mass is 476 g/mol. The van der Waals surface area contributed by atoms with Gasteiger partial charge in [0.1, 0.15) is 0 Å². The van der Waals surface area contributed by atoms with Crippen LogP contribution < -0.4 is 15.0 Å². The molecule has 0 atom stereocenters. The summed E-state index contributed by atoms with van der Waals surface area (Å²) in [4.78, 5) is 15.9. The summed E-state index contributed by atoms with van der Waals surface area (Å²) in [5.41, 5.74) is 3.51. The van der Waals surface area contributed by atoms with Crippen LogP contribution in [0.3, 0.4) is 0 Å². The lowest BCUT2D eigenvalue weighted by Crippen LogP contribution is -2.32. The molecule has 7 nitrogen and oxygen atoms in total. The predicted molar refractivity (Wildman–Crippen MR) is 129 cm³/mol. The molecule has 174 valence electrons. The molecule has 2 heterocycles. The van der Waals surface area contributed by atoms with Crippen LogP contribution in [0.4, 0.5) is 0 Å². The number of aromatic nitrogens is 1. The van der Waals surface area contributed by atoms with E-state index in [1.54, 1.807) is 48.5 Å². The van der Waals surface area contributed by atoms with Gasteiger partial charge in [0.25, 0.3) is 5.56 Å². The Hall–Kier alpha value is -3.62. The quantitative estimate of drug-likeness (QED) is 0.449. The zero-order valence-corrected chi connectivity index (χ0v) is 19.7. The van der Waals surface area contributed by atoms with Crippen LogP contribution >= 0.6 is 0 Å². The summed E-state index contributed by atoms with van der Waals surface area (Å²) in [6.45, 7) is 3.99. The number of benzene rings is 3. The van der Waals surface area contributed by atoms with Crippen molar-refractivity contribution in [1.29, 1.82) is 0 Å². The van der Waals surface area contributed by atoms with E-state index in [1.165, 1.54) is 4.31 Å². The predicted octanol–water partition coefficient (Wildman–Crippen LogP) is 4.26. The Morgan fingerprint density at radius 3 is 2.38 bits per heavy atom. The largest absolute Gasteiger partial charge is 0.454 e. The van der Waals surface area contributed by atoms with Crippen molar-refractivity contribution in [1.82, 2.24) is 9.29 Å². The zero-order chi connectivity index (χ0) is 23.9. The number of fused-ring (bicyclic) bond motifs is 2. The van der Waals surface area contributed by atoms with E-state index >= 15 is 0 Å². The van der Waals surface area contributed by atoms with Gasteiger partial charge in [-0.05, 0) is 67.3 Å². The second-order valence-electron chi connectivity index (χ2n) is 8.49. The van der Waals surface area contributed by atoms with Crippen LogP contribution in [0.15, 0.2) is 76.4 Å². The van der Waals surface area contributed by atoms with Crippen LogP contribution in [0.1, 0.15) is 22.3 Å². The number of H-pyrrole nitrogens is 1. The SMILES string of the molecule is Cc1ccc(S(=O)(=O)N(Cc2ccc3c(c2)OCO3)Cc2cc3cc(C)ccc3[nH]c2=O)cc1. The number of sulfonamides is 1. The highest BCUT2D eigenvalue weighted by atomic mass is 32.2. The van der Waals surface area contributed by atoms with E-state index in [9.17, 15) is 13.2 Å². The Morgan fingerprint density at radius 2 is 1.59 bits per heavy atom. The van der Waals surface area contributed by atoms with Crippen molar-refractivity contribution in [2.75, 3.05) is 6.79 Å². The second kappa shape index (κ2) is 8.62. The first-order valence-corrected chi connectivity index (χ1v) is 12.3. The molecular formula is C26H24N2O5S. The summed E-state index contributed by atoms with van der Waals surface area (Å²) in [6, 6.07) is 19.5. The molecule has 8 heteroatoms. The Morgan fingerprint density at radius 1 is 0.853 bits per heavy atom. The molecule has 1 aliphatic rings. The van der Waals surface area contributed by atoms with Crippen LogP contribution in [-0.2, 0) is 23.1 Å². The lowest BCUT2D eigenvalue weighted by Gasteiger charge is -2.23. The van der Waals surface area contributed by atoms with Gasteiger partial charge in [-0.3, -0.25) is 4.79 Å². The van der Waals surface area contributed by atoms with Gasteiger partial charge in [0.05, 0.1) is 4.90 Å². The highest BCUT2D eigenvalue weighted by Gasteiger charge is 2.27. The van der Waals surface area contributed by atoms with Gasteiger partial charge in [-0.1, -0.05) is 35.4 Å². The fourth-order valence-electron chi connectivity index (χ4n) is 4.01. The maximum absolute atomic E-state index is 13.7. The normalized spacial score (nSPS) is 13.0. The first-order valence-electron chi connectivity index (χ1n) is 10.9. The average molecular weight is 477 g/mol. The van der Waals surface area contributed by atoms with Crippen LogP contribution in [0.25, 0.3) is 10.9 Å². The molecule has 0 saturated heterocycles. The molecule has 1 aromatic heterocycles. The number of aromatic amines is 1. The van der Waals surface area contributed by atoms with Crippen molar-refractivity contribution < 1.29 is 17.9 Å². The first-order chi connectivity index (χ1) is 16.3. The van der Waals surface area contributed by atoms with Gasteiger partial charge < -0.3 is 14.5 Å². The lowest BCUT2D eigenvalue weighted by molar-refractivity contribution is 0.174. The maximum Gasteiger partial charge on any atom is 0.252 e. The van der Waals surface area contributed by atoms with E-state index in [1.807, 2.05) is 32.0 Å². The number of nitrogens with one attached hydrogen (secondary N) is 1. The smallest absolute Gasteiger partial charge is 0.252 e. The third-order valence-corrected chi connectivity index (χ3v) is 7.68. The maximum atomic E-state index is 13.7. The van der Waals surface area contributed by atoms with Gasteiger partial charge in [0.2, 0.25) is 16.8 Å². The van der Waals surface area contributed by atoms with Crippen LogP contribution in [-0.4, -0.2) is 24.5 Å². The fraction of sp³-hybridized carbons (Fsp3) is 0.192. The van der Waals surface area contributed by atoms with Crippen molar-refractivity contribution in [3.05, 3.63) is 99.3 Å². The third kappa shape index (κ3) is 4.30. The zero-order valence-electron chi connectivity index (χ0n) is 18.9. The molecule has 0 saturated carbocycles. The molecular weight excluding hydrogens is 452 g/mol. The topological polar surface area (TPSA) is 88.7 Å². The number of nitrogens with zero attached hydrogens (tertiary/aromatic N) is 1. The van der Waals surface area contributed by atoms with Crippen LogP contribution in [0.2, 0.25) is 0 Å². The molecule has 34 heavy (non-hydrogen) atoms. The Kier molecular flexibility index (Phi) is 5.63. The average Bonchev–Trinajstić information content (AvgIpc) is 3.27. The Balaban J connectivity index is 1.56. The first kappa shape index (κ1) is 22.2. The van der Waals surface area contributed by atoms with Crippen molar-refractivity contribution in [2.45, 2.75) is 31.8 Å². The van der Waals surface area contributed by atoms with E-state index in [-0.39, 0.29) is 30.3 Å². The number of aryl methyl sites for hydroxylation is 2. The number of rotatable bonds is 6. The van der Waals surface area contributed by atoms with Crippen molar-refractivity contribution in [2.24, 2.45) is 0 Å². The van der Waals surface area contributed by atoms with Gasteiger partial charge in [0.15, 0.2) is 11.5 Å². The van der Waals surface area contributed by atoms with E-state index in [2.05, 4.69) is 4.98 Å². The van der Waals surface area contributed by atoms with E-state index in [0.717, 1.165) is 22.1 Å². The summed E-state index contributed by atoms with van der Waals surface area (Å²) < 4.78 is 39.5. The van der Waals surface area contributed by atoms with E-state index in [4.69, 9.17) is 9.47 Å². The van der Waals surface area contributed by atoms with Crippen molar-refractivity contribution in [3.8, 4) is 11.5 Å². The Bertz CT molecular complexity index is 1540. The van der Waals surface area contributed by atoms with Gasteiger partial charge in [0, 0.05) is 24.2 Å². The molecule has 1 N–H and O–H groups in total. The molecule has 0 bridgehead atoms. The molecule has 0 unspecified atom stereocenters. The molecule has 0 amide bonds. The number of hydrogen-bond acceptors (Lipinski definition) is 5. The summed E-state index contributed by atoms with van der Waals surface area (Å²) in [7, 11) is -3.90. The Labute approximate surface area is 197 Å². The molecule has 0 spiro atoms. The van der Waals surface area contributed by atoms with Gasteiger partial charge in [-0.15, -0.1) is 0 Å². The molecule has 5 rings (SSSR count). The number of pyridine rings is 1. The van der Waals surface area contributed by atoms with Gasteiger partial charge in [-0.25, -0.2) is 8.42 Å². The lowest BCUT2D eigenvalue weighted by atomic mass is 10.1. The molecule has 4 aromatic rings. The number of hydrogen-bond donors (Lipinski definition) is 1. The molecule has 3 aromatic carbocycles. The van der Waals surface area contributed by atoms with Gasteiger partial charge in [-0.2, -0.15) is 4.31 Å². The molecule has 1 aliphatic heterocycles. The summed E-state index contributed by atoms with van der Waals surface area (Å²) in [5.74, 6) is 1.20. The number of ether oxygens (including phenoxy) is 2. The van der Waals surface area contributed by atoms with Crippen LogP contribution in [0.5, 0.6) is 11.5 Å². The summed E-state index contributed by atoms with van der Waals surface area (Å²) in [5, 5.41) is 0.852. The minimum Gasteiger partial charge on any atom is -0.454 e. The summed E-state index contributed by atoms with van der Waals surface area (Å²) >= 11 is 0. The molecule has 0 fully saturated rings. The van der Waals surface area contributed by atoms with Gasteiger partial charge >= 0.3 is 0 Å². The minimum absolute atomic E-state index is 0.0676. The van der Waals surface area contributed by atoms with Crippen molar-refractivity contribution >= 4 is 20.9 Å². The third-order valence-electron chi connectivity index (χ3n) is 5.88.